The molecule has 1 nitrogen and oxygen atoms in total. The molecule has 0 aliphatic carbocycles. The molecule has 1 aliphatic heterocycles. The molecule has 0 bridgehead atoms. The molecule has 0 N–H and O–H groups in total. The smallest absolute Gasteiger partial charge is 0.200 e. The summed E-state index contributed by atoms with van der Waals surface area (Å²) in [6, 6.07) is 20.8. The second-order valence-electron chi connectivity index (χ2n) is 10.6. The molecule has 34 heavy (non-hydrogen) atoms. The van der Waals surface area contributed by atoms with E-state index in [0.717, 1.165) is 6.42 Å². The average Bonchev–Trinajstić information content (AvgIpc) is 2.82. The van der Waals surface area contributed by atoms with Crippen molar-refractivity contribution in [1.82, 2.24) is 0 Å². The van der Waals surface area contributed by atoms with E-state index >= 15 is 0 Å². The highest BCUT2D eigenvalue weighted by atomic mass is 32.2. The zero-order valence-electron chi connectivity index (χ0n) is 21.0. The second-order valence-corrected chi connectivity index (χ2v) is 11.7. The molecule has 0 fully saturated rings. The van der Waals surface area contributed by atoms with Gasteiger partial charge in [-0.2, -0.15) is 0 Å². The highest BCUT2D eigenvalue weighted by Gasteiger charge is 2.32. The van der Waals surface area contributed by atoms with Gasteiger partial charge in [0.15, 0.2) is 6.20 Å². The Bertz CT molecular complexity index is 1620. The van der Waals surface area contributed by atoms with Crippen LogP contribution in [0.1, 0.15) is 50.3 Å². The van der Waals surface area contributed by atoms with Crippen LogP contribution in [0.25, 0.3) is 43.6 Å². The zero-order chi connectivity index (χ0) is 23.7. The maximum absolute atomic E-state index is 2.40. The first-order valence-corrected chi connectivity index (χ1v) is 13.3. The number of fused-ring (bicyclic) bond motifs is 5. The van der Waals surface area contributed by atoms with Crippen molar-refractivity contribution in [3.05, 3.63) is 77.5 Å². The van der Waals surface area contributed by atoms with Gasteiger partial charge in [-0.05, 0) is 74.9 Å². The molecule has 0 spiro atoms. The van der Waals surface area contributed by atoms with Gasteiger partial charge in [0, 0.05) is 15.9 Å². The van der Waals surface area contributed by atoms with Gasteiger partial charge in [0.2, 0.25) is 5.69 Å². The van der Waals surface area contributed by atoms with E-state index < -0.39 is 0 Å². The van der Waals surface area contributed by atoms with Crippen LogP contribution >= 0.6 is 11.8 Å². The quantitative estimate of drug-likeness (QED) is 0.188. The number of hydrogen-bond donors (Lipinski definition) is 0. The summed E-state index contributed by atoms with van der Waals surface area (Å²) in [7, 11) is 2.21. The van der Waals surface area contributed by atoms with Gasteiger partial charge in [-0.1, -0.05) is 81.9 Å². The minimum absolute atomic E-state index is 0.528. The summed E-state index contributed by atoms with van der Waals surface area (Å²) in [4.78, 5) is 2.88. The molecule has 6 rings (SSSR count). The maximum Gasteiger partial charge on any atom is 0.222 e. The predicted octanol–water partition coefficient (Wildman–Crippen LogP) is 8.73. The van der Waals surface area contributed by atoms with Crippen molar-refractivity contribution in [2.45, 2.75) is 56.7 Å². The Morgan fingerprint density at radius 1 is 0.824 bits per heavy atom. The summed E-state index contributed by atoms with van der Waals surface area (Å²) in [5.41, 5.74) is 7.11. The standard InChI is InChI=1S/C32H32NS/c1-18(2)15-27-26-10-8-7-9-24(26)20(5)28-30-29-22(13-14-33(30)6)17-23-16-21(19(3)4)11-12-25(23)31(29)34-32(27)28/h7-14,16-19H,15H2,1-6H3/q+1. The number of benzene rings is 4. The first kappa shape index (κ1) is 21.7. The lowest BCUT2D eigenvalue weighted by molar-refractivity contribution is -0.659. The highest BCUT2D eigenvalue weighted by molar-refractivity contribution is 8.00. The topological polar surface area (TPSA) is 3.88 Å². The molecule has 0 atom stereocenters. The molecule has 4 aromatic carbocycles. The molecule has 0 saturated heterocycles. The number of aryl methyl sites for hydroxylation is 2. The Hall–Kier alpha value is -2.84. The summed E-state index contributed by atoms with van der Waals surface area (Å²) < 4.78 is 2.35. The zero-order valence-corrected chi connectivity index (χ0v) is 21.8. The lowest BCUT2D eigenvalue weighted by Crippen LogP contribution is -2.32. The van der Waals surface area contributed by atoms with Crippen LogP contribution in [0.4, 0.5) is 0 Å². The van der Waals surface area contributed by atoms with Gasteiger partial charge in [-0.15, -0.1) is 0 Å². The minimum Gasteiger partial charge on any atom is -0.200 e. The third-order valence-electron chi connectivity index (χ3n) is 7.47. The van der Waals surface area contributed by atoms with Crippen LogP contribution in [-0.2, 0) is 13.5 Å². The molecular formula is C32H32NS+. The number of rotatable bonds is 3. The summed E-state index contributed by atoms with van der Waals surface area (Å²) in [5.74, 6) is 1.13. The van der Waals surface area contributed by atoms with Crippen molar-refractivity contribution in [2.75, 3.05) is 0 Å². The van der Waals surface area contributed by atoms with Crippen LogP contribution in [0.15, 0.2) is 70.6 Å². The van der Waals surface area contributed by atoms with Gasteiger partial charge >= 0.3 is 0 Å². The molecular weight excluding hydrogens is 430 g/mol. The molecule has 170 valence electrons. The Balaban J connectivity index is 1.79. The molecule has 0 saturated carbocycles. The number of pyridine rings is 1. The Morgan fingerprint density at radius 3 is 2.32 bits per heavy atom. The fourth-order valence-electron chi connectivity index (χ4n) is 5.76. The van der Waals surface area contributed by atoms with E-state index in [0.29, 0.717) is 11.8 Å². The van der Waals surface area contributed by atoms with Gasteiger partial charge in [0.25, 0.3) is 0 Å². The SMILES string of the molecule is Cc1c2c(c(CC(C)C)c3ccccc13)Sc1c3ccc(C(C)C)cc3cc3cc[n+](C)c-2c13. The van der Waals surface area contributed by atoms with Gasteiger partial charge in [0.1, 0.15) is 7.05 Å². The first-order valence-electron chi connectivity index (χ1n) is 12.5. The van der Waals surface area contributed by atoms with Crippen LogP contribution in [0.2, 0.25) is 0 Å². The molecule has 0 unspecified atom stereocenters. The van der Waals surface area contributed by atoms with Crippen LogP contribution in [-0.4, -0.2) is 0 Å². The lowest BCUT2D eigenvalue weighted by Gasteiger charge is -2.26. The number of hydrogen-bond acceptors (Lipinski definition) is 1. The van der Waals surface area contributed by atoms with E-state index in [2.05, 4.69) is 107 Å². The van der Waals surface area contributed by atoms with Gasteiger partial charge in [0.05, 0.1) is 10.9 Å². The van der Waals surface area contributed by atoms with E-state index in [1.807, 2.05) is 11.8 Å². The average molecular weight is 463 g/mol. The van der Waals surface area contributed by atoms with E-state index in [9.17, 15) is 0 Å². The minimum atomic E-state index is 0.528. The Kier molecular flexibility index (Phi) is 5.00. The second kappa shape index (κ2) is 7.85. The van der Waals surface area contributed by atoms with Crippen molar-refractivity contribution in [3.63, 3.8) is 0 Å². The van der Waals surface area contributed by atoms with E-state index in [4.69, 9.17) is 0 Å². The van der Waals surface area contributed by atoms with Crippen molar-refractivity contribution >= 4 is 44.1 Å². The van der Waals surface area contributed by atoms with Crippen LogP contribution in [0.5, 0.6) is 0 Å². The van der Waals surface area contributed by atoms with Crippen LogP contribution < -0.4 is 4.57 Å². The largest absolute Gasteiger partial charge is 0.222 e. The molecule has 0 amide bonds. The molecule has 1 aliphatic rings. The maximum atomic E-state index is 2.40. The van der Waals surface area contributed by atoms with Crippen molar-refractivity contribution in [2.24, 2.45) is 13.0 Å². The summed E-state index contributed by atoms with van der Waals surface area (Å²) >= 11 is 2.01. The van der Waals surface area contributed by atoms with E-state index in [1.54, 1.807) is 0 Å². The predicted molar refractivity (Wildman–Crippen MR) is 147 cm³/mol. The lowest BCUT2D eigenvalue weighted by atomic mass is 9.87. The van der Waals surface area contributed by atoms with E-state index in [-0.39, 0.29) is 0 Å². The molecule has 2 heterocycles. The molecule has 0 radical (unpaired) electrons. The van der Waals surface area contributed by atoms with Gasteiger partial charge in [-0.25, -0.2) is 4.57 Å². The number of aromatic nitrogens is 1. The van der Waals surface area contributed by atoms with Crippen molar-refractivity contribution in [1.29, 1.82) is 0 Å². The molecule has 1 aromatic heterocycles. The fraction of sp³-hybridized carbons (Fsp3) is 0.281. The monoisotopic (exact) mass is 462 g/mol. The van der Waals surface area contributed by atoms with E-state index in [1.165, 1.54) is 70.1 Å². The summed E-state index contributed by atoms with van der Waals surface area (Å²) in [5, 5.41) is 8.28. The molecule has 2 heteroatoms. The van der Waals surface area contributed by atoms with Gasteiger partial charge < -0.3 is 0 Å². The molecule has 5 aromatic rings. The van der Waals surface area contributed by atoms with Crippen LogP contribution in [0.3, 0.4) is 0 Å². The van der Waals surface area contributed by atoms with Gasteiger partial charge in [-0.3, -0.25) is 0 Å². The summed E-state index contributed by atoms with van der Waals surface area (Å²) in [6.45, 7) is 11.6. The van der Waals surface area contributed by atoms with Crippen molar-refractivity contribution in [3.8, 4) is 11.3 Å². The Labute approximate surface area is 206 Å². The van der Waals surface area contributed by atoms with Crippen LogP contribution in [0, 0.1) is 12.8 Å². The van der Waals surface area contributed by atoms with Crippen molar-refractivity contribution < 1.29 is 4.57 Å². The highest BCUT2D eigenvalue weighted by Crippen LogP contribution is 2.53. The third-order valence-corrected chi connectivity index (χ3v) is 8.75. The summed E-state index contributed by atoms with van der Waals surface area (Å²) in [6.07, 6.45) is 3.34. The first-order chi connectivity index (χ1) is 16.3. The third kappa shape index (κ3) is 3.11. The number of nitrogens with zero attached hydrogens (tertiary/aromatic N) is 1. The fourth-order valence-corrected chi connectivity index (χ4v) is 7.25. The Morgan fingerprint density at radius 2 is 1.59 bits per heavy atom. The normalized spacial score (nSPS) is 12.9.